The molecular weight excluding hydrogens is 346 g/mol. The first-order valence-electron chi connectivity index (χ1n) is 9.21. The minimum atomic E-state index is -0.240. The number of carbonyl (C=O) groups is 2. The van der Waals surface area contributed by atoms with Gasteiger partial charge in [-0.1, -0.05) is 23.4 Å². The van der Waals surface area contributed by atoms with Crippen molar-refractivity contribution in [1.29, 1.82) is 0 Å². The molecule has 0 aliphatic carbocycles. The molecule has 8 heteroatoms. The Bertz CT molecular complexity index is 775. The van der Waals surface area contributed by atoms with Crippen LogP contribution in [0, 0.1) is 0 Å². The summed E-state index contributed by atoms with van der Waals surface area (Å²) in [5.41, 5.74) is 0.291. The molecule has 1 N–H and O–H groups in total. The van der Waals surface area contributed by atoms with E-state index in [1.165, 1.54) is 0 Å². The lowest BCUT2D eigenvalue weighted by Crippen LogP contribution is -2.43. The number of rotatable bonds is 6. The average Bonchev–Trinajstić information content (AvgIpc) is 3.17. The number of piperidine rings is 1. The van der Waals surface area contributed by atoms with Crippen LogP contribution < -0.4 is 10.1 Å². The van der Waals surface area contributed by atoms with E-state index in [0.29, 0.717) is 24.5 Å². The number of nitrogens with one attached hydrogen (secondary N) is 1. The SMILES string of the molecule is CC(C)NC(=O)c1cn([C@H]2CCCN(C(=O)COc3ccccc3)C2)nn1. The van der Waals surface area contributed by atoms with Gasteiger partial charge in [0, 0.05) is 19.1 Å². The number of nitrogens with zero attached hydrogens (tertiary/aromatic N) is 4. The highest BCUT2D eigenvalue weighted by Crippen LogP contribution is 2.21. The summed E-state index contributed by atoms with van der Waals surface area (Å²) in [6.07, 6.45) is 3.41. The van der Waals surface area contributed by atoms with E-state index in [4.69, 9.17) is 4.74 Å². The molecule has 8 nitrogen and oxygen atoms in total. The Morgan fingerprint density at radius 3 is 2.81 bits per heavy atom. The van der Waals surface area contributed by atoms with Crippen molar-refractivity contribution in [2.75, 3.05) is 19.7 Å². The van der Waals surface area contributed by atoms with Gasteiger partial charge in [0.05, 0.1) is 12.2 Å². The first-order chi connectivity index (χ1) is 13.0. The molecule has 0 radical (unpaired) electrons. The van der Waals surface area contributed by atoms with E-state index >= 15 is 0 Å². The van der Waals surface area contributed by atoms with Crippen LogP contribution >= 0.6 is 0 Å². The number of hydrogen-bond acceptors (Lipinski definition) is 5. The number of aromatic nitrogens is 3. The van der Waals surface area contributed by atoms with E-state index in [1.54, 1.807) is 15.8 Å². The molecule has 0 spiro atoms. The molecular formula is C19H25N5O3. The number of likely N-dealkylation sites (tertiary alicyclic amines) is 1. The molecule has 2 aromatic rings. The van der Waals surface area contributed by atoms with Crippen molar-refractivity contribution in [2.45, 2.75) is 38.8 Å². The maximum atomic E-state index is 12.5. The van der Waals surface area contributed by atoms with E-state index in [0.717, 1.165) is 12.8 Å². The highest BCUT2D eigenvalue weighted by Gasteiger charge is 2.26. The second-order valence-corrected chi connectivity index (χ2v) is 6.95. The third kappa shape index (κ3) is 5.06. The maximum absolute atomic E-state index is 12.5. The van der Waals surface area contributed by atoms with Crippen LogP contribution in [-0.2, 0) is 4.79 Å². The topological polar surface area (TPSA) is 89.4 Å². The predicted octanol–water partition coefficient (Wildman–Crippen LogP) is 1.66. The van der Waals surface area contributed by atoms with Gasteiger partial charge in [0.2, 0.25) is 0 Å². The average molecular weight is 371 g/mol. The standard InChI is InChI=1S/C19H25N5O3/c1-14(2)20-19(26)17-12-24(22-21-17)15-7-6-10-23(11-15)18(25)13-27-16-8-4-3-5-9-16/h3-5,8-9,12,14-15H,6-7,10-11,13H2,1-2H3,(H,20,26)/t15-/m0/s1. The Morgan fingerprint density at radius 2 is 2.07 bits per heavy atom. The van der Waals surface area contributed by atoms with Gasteiger partial charge in [-0.3, -0.25) is 9.59 Å². The van der Waals surface area contributed by atoms with Crippen LogP contribution in [0.2, 0.25) is 0 Å². The van der Waals surface area contributed by atoms with Gasteiger partial charge in [0.1, 0.15) is 5.75 Å². The van der Waals surface area contributed by atoms with Crippen molar-refractivity contribution in [3.8, 4) is 5.75 Å². The summed E-state index contributed by atoms with van der Waals surface area (Å²) < 4.78 is 7.24. The van der Waals surface area contributed by atoms with Crippen LogP contribution in [0.25, 0.3) is 0 Å². The van der Waals surface area contributed by atoms with E-state index in [9.17, 15) is 9.59 Å². The lowest BCUT2D eigenvalue weighted by Gasteiger charge is -2.32. The lowest BCUT2D eigenvalue weighted by molar-refractivity contribution is -0.135. The van der Waals surface area contributed by atoms with Crippen molar-refractivity contribution in [2.24, 2.45) is 0 Å². The molecule has 144 valence electrons. The Balaban J connectivity index is 1.56. The molecule has 1 aliphatic rings. The highest BCUT2D eigenvalue weighted by molar-refractivity contribution is 5.92. The van der Waals surface area contributed by atoms with Crippen LogP contribution in [0.1, 0.15) is 43.2 Å². The second-order valence-electron chi connectivity index (χ2n) is 6.95. The molecule has 0 unspecified atom stereocenters. The Kier molecular flexibility index (Phi) is 6.05. The molecule has 0 bridgehead atoms. The zero-order chi connectivity index (χ0) is 19.2. The van der Waals surface area contributed by atoms with Crippen molar-refractivity contribution in [3.05, 3.63) is 42.2 Å². The molecule has 1 fully saturated rings. The summed E-state index contributed by atoms with van der Waals surface area (Å²) >= 11 is 0. The van der Waals surface area contributed by atoms with E-state index < -0.39 is 0 Å². The number of ether oxygens (including phenoxy) is 1. The van der Waals surface area contributed by atoms with Crippen LogP contribution in [0.3, 0.4) is 0 Å². The van der Waals surface area contributed by atoms with Crippen molar-refractivity contribution >= 4 is 11.8 Å². The Morgan fingerprint density at radius 1 is 1.30 bits per heavy atom. The van der Waals surface area contributed by atoms with Gasteiger partial charge in [-0.05, 0) is 38.8 Å². The third-order valence-corrected chi connectivity index (χ3v) is 4.39. The number of carbonyl (C=O) groups excluding carboxylic acids is 2. The van der Waals surface area contributed by atoms with Crippen LogP contribution in [-0.4, -0.2) is 57.4 Å². The molecule has 2 heterocycles. The van der Waals surface area contributed by atoms with E-state index in [1.807, 2.05) is 44.2 Å². The molecule has 1 aromatic heterocycles. The third-order valence-electron chi connectivity index (χ3n) is 4.39. The van der Waals surface area contributed by atoms with Crippen LogP contribution in [0.5, 0.6) is 5.75 Å². The van der Waals surface area contributed by atoms with Gasteiger partial charge >= 0.3 is 0 Å². The van der Waals surface area contributed by atoms with Crippen molar-refractivity contribution in [3.63, 3.8) is 0 Å². The number of benzene rings is 1. The molecule has 1 atom stereocenters. The molecule has 1 aromatic carbocycles. The van der Waals surface area contributed by atoms with Crippen LogP contribution in [0.15, 0.2) is 36.5 Å². The summed E-state index contributed by atoms with van der Waals surface area (Å²) in [5.74, 6) is 0.384. The molecule has 1 saturated heterocycles. The highest BCUT2D eigenvalue weighted by atomic mass is 16.5. The smallest absolute Gasteiger partial charge is 0.273 e. The predicted molar refractivity (Wildman–Crippen MR) is 99.4 cm³/mol. The van der Waals surface area contributed by atoms with Crippen molar-refractivity contribution < 1.29 is 14.3 Å². The summed E-state index contributed by atoms with van der Waals surface area (Å²) in [6.45, 7) is 5.03. The minimum Gasteiger partial charge on any atom is -0.484 e. The fraction of sp³-hybridized carbons (Fsp3) is 0.474. The monoisotopic (exact) mass is 371 g/mol. The number of para-hydroxylation sites is 1. The maximum Gasteiger partial charge on any atom is 0.273 e. The van der Waals surface area contributed by atoms with E-state index in [2.05, 4.69) is 15.6 Å². The summed E-state index contributed by atoms with van der Waals surface area (Å²) in [5, 5.41) is 10.9. The molecule has 2 amide bonds. The fourth-order valence-corrected chi connectivity index (χ4v) is 3.05. The Labute approximate surface area is 158 Å². The summed E-state index contributed by atoms with van der Waals surface area (Å²) in [4.78, 5) is 26.3. The first kappa shape index (κ1) is 18.9. The zero-order valence-electron chi connectivity index (χ0n) is 15.7. The summed E-state index contributed by atoms with van der Waals surface area (Å²) in [6, 6.07) is 9.33. The van der Waals surface area contributed by atoms with Gasteiger partial charge in [-0.15, -0.1) is 5.10 Å². The number of amides is 2. The van der Waals surface area contributed by atoms with Gasteiger partial charge < -0.3 is 15.0 Å². The number of hydrogen-bond donors (Lipinski definition) is 1. The van der Waals surface area contributed by atoms with Gasteiger partial charge in [-0.2, -0.15) is 0 Å². The van der Waals surface area contributed by atoms with Gasteiger partial charge in [0.15, 0.2) is 12.3 Å². The normalized spacial score (nSPS) is 17.0. The first-order valence-corrected chi connectivity index (χ1v) is 9.21. The molecule has 0 saturated carbocycles. The molecule has 27 heavy (non-hydrogen) atoms. The minimum absolute atomic E-state index is 0.00697. The van der Waals surface area contributed by atoms with Crippen molar-refractivity contribution in [1.82, 2.24) is 25.2 Å². The molecule has 1 aliphatic heterocycles. The van der Waals surface area contributed by atoms with Crippen LogP contribution in [0.4, 0.5) is 0 Å². The summed E-state index contributed by atoms with van der Waals surface area (Å²) in [7, 11) is 0. The molecule has 3 rings (SSSR count). The second kappa shape index (κ2) is 8.66. The quantitative estimate of drug-likeness (QED) is 0.834. The zero-order valence-corrected chi connectivity index (χ0v) is 15.7. The van der Waals surface area contributed by atoms with Gasteiger partial charge in [-0.25, -0.2) is 4.68 Å². The lowest BCUT2D eigenvalue weighted by atomic mass is 10.1. The Hall–Kier alpha value is -2.90. The van der Waals surface area contributed by atoms with Gasteiger partial charge in [0.25, 0.3) is 11.8 Å². The van der Waals surface area contributed by atoms with E-state index in [-0.39, 0.29) is 30.5 Å². The largest absolute Gasteiger partial charge is 0.484 e. The fourth-order valence-electron chi connectivity index (χ4n) is 3.05.